The van der Waals surface area contributed by atoms with Crippen LogP contribution in [0.4, 0.5) is 8.78 Å². The van der Waals surface area contributed by atoms with Crippen molar-refractivity contribution in [1.82, 2.24) is 20.2 Å². The van der Waals surface area contributed by atoms with Gasteiger partial charge in [0, 0.05) is 40.2 Å². The number of carboxylic acids is 1. The minimum atomic E-state index is -3.19. The number of fused-ring (bicyclic) bond motifs is 1. The van der Waals surface area contributed by atoms with Gasteiger partial charge in [0.15, 0.2) is 4.34 Å². The summed E-state index contributed by atoms with van der Waals surface area (Å²) in [5, 5.41) is 13.8. The minimum absolute atomic E-state index is 0.123. The van der Waals surface area contributed by atoms with Crippen LogP contribution in [0.15, 0.2) is 44.8 Å². The lowest BCUT2D eigenvalue weighted by Gasteiger charge is -2.47. The number of nitrogens with one attached hydrogen (secondary N) is 1. The number of nitrogens with zero attached hydrogens (tertiary/aromatic N) is 3. The number of pyridine rings is 1. The Morgan fingerprint density at radius 1 is 1.31 bits per heavy atom. The first kappa shape index (κ1) is 22.3. The molecule has 2 aliphatic heterocycles. The lowest BCUT2D eigenvalue weighted by atomic mass is 9.78. The number of alkyl halides is 2. The second-order valence-corrected chi connectivity index (χ2v) is 9.61. The molecule has 0 aliphatic carbocycles. The fourth-order valence-electron chi connectivity index (χ4n) is 4.11. The summed E-state index contributed by atoms with van der Waals surface area (Å²) in [6.45, 7) is 3.26. The first-order chi connectivity index (χ1) is 15.2. The molecular weight excluding hydrogens is 462 g/mol. The fraction of sp³-hybridized carbons (Fsp3) is 0.350. The van der Waals surface area contributed by atoms with Crippen LogP contribution in [-0.2, 0) is 14.4 Å². The number of carbonyl (C=O) groups excluding carboxylic acids is 2. The smallest absolute Gasteiger partial charge is 0.353 e. The van der Waals surface area contributed by atoms with Gasteiger partial charge < -0.3 is 15.3 Å². The van der Waals surface area contributed by atoms with Gasteiger partial charge in [-0.15, -0.1) is 11.3 Å². The first-order valence-electron chi connectivity index (χ1n) is 9.63. The van der Waals surface area contributed by atoms with Crippen LogP contribution in [0.1, 0.15) is 13.8 Å². The predicted octanol–water partition coefficient (Wildman–Crippen LogP) is 2.84. The van der Waals surface area contributed by atoms with E-state index < -0.39 is 42.2 Å². The standard InChI is InChI=1S/C20H18F2N4O4S2/c1-8-13-12(9(2)24-17(27)16(21)22)18(28)26(13)14(19(29)30)15(8)32-20-25-11(7-31-20)10-3-5-23-6-4-10/h3-9,12-13,16H,1-2H3,(H,24,27)(H,29,30)/t8-,9-,12-,13-/m1/s1. The molecule has 0 spiro atoms. The Labute approximate surface area is 189 Å². The number of hydrogen-bond acceptors (Lipinski definition) is 7. The number of aliphatic carboxylic acids is 1. The lowest BCUT2D eigenvalue weighted by Crippen LogP contribution is -2.66. The Morgan fingerprint density at radius 2 is 2.00 bits per heavy atom. The normalized spacial score (nSPS) is 23.2. The van der Waals surface area contributed by atoms with Gasteiger partial charge in [0.2, 0.25) is 5.91 Å². The summed E-state index contributed by atoms with van der Waals surface area (Å²) in [4.78, 5) is 46.3. The van der Waals surface area contributed by atoms with E-state index in [9.17, 15) is 28.3 Å². The Balaban J connectivity index is 1.57. The van der Waals surface area contributed by atoms with Crippen molar-refractivity contribution < 1.29 is 28.3 Å². The first-order valence-corrected chi connectivity index (χ1v) is 11.3. The van der Waals surface area contributed by atoms with Gasteiger partial charge in [-0.25, -0.2) is 9.78 Å². The maximum atomic E-state index is 12.7. The van der Waals surface area contributed by atoms with Crippen LogP contribution < -0.4 is 5.32 Å². The van der Waals surface area contributed by atoms with Crippen molar-refractivity contribution in [2.75, 3.05) is 0 Å². The molecule has 12 heteroatoms. The molecule has 2 N–H and O–H groups in total. The average molecular weight is 481 g/mol. The van der Waals surface area contributed by atoms with Crippen LogP contribution in [0.2, 0.25) is 0 Å². The molecule has 0 saturated carbocycles. The SMILES string of the molecule is C[C@@H](NC(=O)C(F)F)[C@H]1C(=O)N2C(C(=O)O)=C(Sc3nc(-c4ccncc4)cs3)[C@H](C)[C@H]12. The molecule has 2 aliphatic rings. The van der Waals surface area contributed by atoms with Crippen LogP contribution in [0.3, 0.4) is 0 Å². The number of β-lactam (4-membered cyclic amide) rings is 1. The van der Waals surface area contributed by atoms with E-state index >= 15 is 0 Å². The maximum Gasteiger partial charge on any atom is 0.353 e. The van der Waals surface area contributed by atoms with Crippen molar-refractivity contribution in [2.24, 2.45) is 11.8 Å². The Bertz CT molecular complexity index is 1110. The Hall–Kier alpha value is -2.86. The van der Waals surface area contributed by atoms with E-state index in [2.05, 4.69) is 15.3 Å². The molecule has 1 fully saturated rings. The van der Waals surface area contributed by atoms with E-state index in [0.29, 0.717) is 9.24 Å². The summed E-state index contributed by atoms with van der Waals surface area (Å²) >= 11 is 2.53. The average Bonchev–Trinajstić information content (AvgIpc) is 3.31. The van der Waals surface area contributed by atoms with Gasteiger partial charge in [0.05, 0.1) is 17.7 Å². The highest BCUT2D eigenvalue weighted by molar-refractivity contribution is 8.04. The number of carboxylic acid groups (broad SMARTS) is 1. The van der Waals surface area contributed by atoms with E-state index in [1.165, 1.54) is 34.9 Å². The van der Waals surface area contributed by atoms with Crippen molar-refractivity contribution in [2.45, 2.75) is 36.7 Å². The summed E-state index contributed by atoms with van der Waals surface area (Å²) in [5.41, 5.74) is 1.48. The van der Waals surface area contributed by atoms with Crippen LogP contribution in [0.5, 0.6) is 0 Å². The number of carbonyl (C=O) groups is 3. The fourth-order valence-corrected chi connectivity index (χ4v) is 6.20. The molecule has 0 bridgehead atoms. The van der Waals surface area contributed by atoms with Crippen LogP contribution in [0.25, 0.3) is 11.3 Å². The summed E-state index contributed by atoms with van der Waals surface area (Å²) < 4.78 is 25.8. The van der Waals surface area contributed by atoms with Gasteiger partial charge in [-0.2, -0.15) is 8.78 Å². The number of thiazole rings is 1. The largest absolute Gasteiger partial charge is 0.477 e. The number of halogens is 2. The molecule has 1 saturated heterocycles. The quantitative estimate of drug-likeness (QED) is 0.586. The Kier molecular flexibility index (Phi) is 5.99. The van der Waals surface area contributed by atoms with Crippen LogP contribution in [-0.4, -0.2) is 56.3 Å². The zero-order chi connectivity index (χ0) is 23.2. The van der Waals surface area contributed by atoms with E-state index in [4.69, 9.17) is 0 Å². The molecule has 4 heterocycles. The van der Waals surface area contributed by atoms with Gasteiger partial charge in [-0.1, -0.05) is 18.7 Å². The number of rotatable bonds is 7. The van der Waals surface area contributed by atoms with Crippen LogP contribution >= 0.6 is 23.1 Å². The number of amides is 2. The molecule has 168 valence electrons. The molecule has 2 amide bonds. The molecule has 2 aromatic rings. The molecule has 4 rings (SSSR count). The van der Waals surface area contributed by atoms with E-state index in [-0.39, 0.29) is 11.6 Å². The zero-order valence-electron chi connectivity index (χ0n) is 16.9. The third kappa shape index (κ3) is 3.77. The second kappa shape index (κ2) is 8.58. The second-order valence-electron chi connectivity index (χ2n) is 7.47. The molecule has 0 aromatic carbocycles. The molecular formula is C20H18F2N4O4S2. The van der Waals surface area contributed by atoms with Gasteiger partial charge in [-0.3, -0.25) is 14.6 Å². The van der Waals surface area contributed by atoms with E-state index in [1.54, 1.807) is 19.3 Å². The monoisotopic (exact) mass is 480 g/mol. The maximum absolute atomic E-state index is 12.7. The summed E-state index contributed by atoms with van der Waals surface area (Å²) in [6.07, 6.45) is 0.107. The molecule has 0 unspecified atom stereocenters. The zero-order valence-corrected chi connectivity index (χ0v) is 18.5. The van der Waals surface area contributed by atoms with Gasteiger partial charge in [0.25, 0.3) is 5.91 Å². The summed E-state index contributed by atoms with van der Waals surface area (Å²) in [5.74, 6) is -4.36. The highest BCUT2D eigenvalue weighted by atomic mass is 32.2. The highest BCUT2D eigenvalue weighted by Gasteiger charge is 2.60. The molecule has 0 radical (unpaired) electrons. The third-order valence-corrected chi connectivity index (χ3v) is 7.78. The molecule has 8 nitrogen and oxygen atoms in total. The van der Waals surface area contributed by atoms with Crippen LogP contribution in [0, 0.1) is 11.8 Å². The number of aromatic nitrogens is 2. The summed E-state index contributed by atoms with van der Waals surface area (Å²) in [6, 6.07) is 2.23. The van der Waals surface area contributed by atoms with E-state index in [1.807, 2.05) is 17.5 Å². The molecule has 2 aromatic heterocycles. The van der Waals surface area contributed by atoms with Crippen molar-refractivity contribution in [1.29, 1.82) is 0 Å². The summed E-state index contributed by atoms with van der Waals surface area (Å²) in [7, 11) is 0. The minimum Gasteiger partial charge on any atom is -0.477 e. The van der Waals surface area contributed by atoms with Gasteiger partial charge in [0.1, 0.15) is 5.70 Å². The number of thioether (sulfide) groups is 1. The lowest BCUT2D eigenvalue weighted by molar-refractivity contribution is -0.159. The van der Waals surface area contributed by atoms with Crippen molar-refractivity contribution in [3.63, 3.8) is 0 Å². The van der Waals surface area contributed by atoms with Crippen molar-refractivity contribution >= 4 is 40.9 Å². The predicted molar refractivity (Wildman–Crippen MR) is 113 cm³/mol. The number of hydrogen-bond donors (Lipinski definition) is 2. The van der Waals surface area contributed by atoms with E-state index in [0.717, 1.165) is 11.3 Å². The molecule has 32 heavy (non-hydrogen) atoms. The third-order valence-electron chi connectivity index (χ3n) is 5.55. The van der Waals surface area contributed by atoms with Crippen molar-refractivity contribution in [3.8, 4) is 11.3 Å². The Morgan fingerprint density at radius 3 is 2.62 bits per heavy atom. The van der Waals surface area contributed by atoms with Gasteiger partial charge in [-0.05, 0) is 19.1 Å². The van der Waals surface area contributed by atoms with Crippen molar-refractivity contribution in [3.05, 3.63) is 40.5 Å². The molecule has 4 atom stereocenters. The topological polar surface area (TPSA) is 112 Å². The highest BCUT2D eigenvalue weighted by Crippen LogP contribution is 2.52. The van der Waals surface area contributed by atoms with Gasteiger partial charge >= 0.3 is 12.4 Å².